The minimum Gasteiger partial charge on any atom is -0.469 e. The van der Waals surface area contributed by atoms with Gasteiger partial charge < -0.3 is 19.3 Å². The van der Waals surface area contributed by atoms with Crippen molar-refractivity contribution in [3.63, 3.8) is 0 Å². The zero-order valence-electron chi connectivity index (χ0n) is 20.6. The fraction of sp³-hybridized carbons (Fsp3) is 0.667. The van der Waals surface area contributed by atoms with Crippen molar-refractivity contribution in [1.82, 2.24) is 4.90 Å². The molecule has 33 heavy (non-hydrogen) atoms. The number of nitro groups is 1. The molecular formula is C24H37N3O6. The van der Waals surface area contributed by atoms with Gasteiger partial charge in [0, 0.05) is 31.7 Å². The largest absolute Gasteiger partial charge is 0.469 e. The Balaban J connectivity index is 2.27. The number of hydrogen-bond acceptors (Lipinski definition) is 7. The number of nitro benzene ring substituents is 1. The number of carbonyl (C=O) groups excluding carboxylic acids is 2. The van der Waals surface area contributed by atoms with E-state index in [4.69, 9.17) is 9.47 Å². The molecule has 0 radical (unpaired) electrons. The van der Waals surface area contributed by atoms with Crippen LogP contribution in [0.1, 0.15) is 65.4 Å². The molecule has 1 unspecified atom stereocenters. The lowest BCUT2D eigenvalue weighted by atomic mass is 9.95. The number of likely N-dealkylation sites (tertiary alicyclic amines) is 1. The lowest BCUT2D eigenvalue weighted by molar-refractivity contribution is -0.384. The molecule has 9 heteroatoms. The molecule has 0 aliphatic carbocycles. The van der Waals surface area contributed by atoms with Crippen molar-refractivity contribution in [1.29, 1.82) is 0 Å². The Hall–Kier alpha value is -2.84. The summed E-state index contributed by atoms with van der Waals surface area (Å²) in [6.45, 7) is 11.4. The van der Waals surface area contributed by atoms with Crippen LogP contribution in [0.2, 0.25) is 0 Å². The van der Waals surface area contributed by atoms with Crippen molar-refractivity contribution in [3.05, 3.63) is 33.9 Å². The number of methoxy groups -OCH3 is 1. The van der Waals surface area contributed by atoms with Gasteiger partial charge in [0.25, 0.3) is 5.69 Å². The number of piperidine rings is 1. The van der Waals surface area contributed by atoms with Crippen molar-refractivity contribution in [3.8, 4) is 0 Å². The molecule has 0 saturated carbocycles. The average molecular weight is 464 g/mol. The average Bonchev–Trinajstić information content (AvgIpc) is 2.76. The molecule has 0 spiro atoms. The predicted molar refractivity (Wildman–Crippen MR) is 127 cm³/mol. The predicted octanol–water partition coefficient (Wildman–Crippen LogP) is 4.73. The number of benzene rings is 1. The first-order valence-corrected chi connectivity index (χ1v) is 11.6. The van der Waals surface area contributed by atoms with E-state index < -0.39 is 0 Å². The van der Waals surface area contributed by atoms with Crippen LogP contribution in [0.4, 0.5) is 16.2 Å². The van der Waals surface area contributed by atoms with Crippen molar-refractivity contribution in [2.24, 2.45) is 5.92 Å². The molecule has 0 bridgehead atoms. The van der Waals surface area contributed by atoms with Gasteiger partial charge in [-0.3, -0.25) is 14.9 Å². The van der Waals surface area contributed by atoms with Crippen LogP contribution in [0.5, 0.6) is 0 Å². The standard InChI is InChI=1S/C24H37N3O6/c1-16(2)15-26(20-9-11-25(12-10-20)24(29)33-17(3)4)21-8-7-19(14-22(21)27(30)31)18(5)13-23(28)32-6/h7-8,14,16-18,20H,9-13,15H2,1-6H3. The smallest absolute Gasteiger partial charge is 0.410 e. The summed E-state index contributed by atoms with van der Waals surface area (Å²) < 4.78 is 10.0. The normalized spacial score (nSPS) is 15.5. The Morgan fingerprint density at radius 1 is 1.18 bits per heavy atom. The van der Waals surface area contributed by atoms with Crippen molar-refractivity contribution < 1.29 is 24.0 Å². The van der Waals surface area contributed by atoms with E-state index in [-0.39, 0.29) is 47.2 Å². The Morgan fingerprint density at radius 3 is 2.33 bits per heavy atom. The monoisotopic (exact) mass is 463 g/mol. The van der Waals surface area contributed by atoms with Crippen LogP contribution in [0, 0.1) is 16.0 Å². The number of esters is 1. The third kappa shape index (κ3) is 7.33. The summed E-state index contributed by atoms with van der Waals surface area (Å²) in [6, 6.07) is 5.31. The maximum atomic E-state index is 12.2. The molecule has 1 aliphatic heterocycles. The molecule has 0 aromatic heterocycles. The van der Waals surface area contributed by atoms with E-state index in [2.05, 4.69) is 18.7 Å². The molecule has 1 saturated heterocycles. The van der Waals surface area contributed by atoms with E-state index in [1.165, 1.54) is 7.11 Å². The number of anilines is 1. The van der Waals surface area contributed by atoms with E-state index >= 15 is 0 Å². The minimum atomic E-state index is -0.355. The fourth-order valence-electron chi connectivity index (χ4n) is 4.16. The summed E-state index contributed by atoms with van der Waals surface area (Å²) in [6.07, 6.45) is 1.09. The number of carbonyl (C=O) groups is 2. The van der Waals surface area contributed by atoms with Gasteiger partial charge in [0.15, 0.2) is 0 Å². The quantitative estimate of drug-likeness (QED) is 0.296. The topological polar surface area (TPSA) is 102 Å². The molecule has 1 aromatic carbocycles. The molecule has 1 aliphatic rings. The molecule has 9 nitrogen and oxygen atoms in total. The third-order valence-electron chi connectivity index (χ3n) is 5.84. The maximum Gasteiger partial charge on any atom is 0.410 e. The number of amides is 1. The molecular weight excluding hydrogens is 426 g/mol. The van der Waals surface area contributed by atoms with Crippen LogP contribution in [0.15, 0.2) is 18.2 Å². The van der Waals surface area contributed by atoms with Gasteiger partial charge in [-0.1, -0.05) is 26.8 Å². The summed E-state index contributed by atoms with van der Waals surface area (Å²) in [5.74, 6) is -0.246. The van der Waals surface area contributed by atoms with Crippen LogP contribution < -0.4 is 4.90 Å². The van der Waals surface area contributed by atoms with Crippen LogP contribution in [0.25, 0.3) is 0 Å². The van der Waals surface area contributed by atoms with E-state index in [1.54, 1.807) is 17.0 Å². The van der Waals surface area contributed by atoms with Crippen LogP contribution >= 0.6 is 0 Å². The molecule has 0 N–H and O–H groups in total. The lowest BCUT2D eigenvalue weighted by Gasteiger charge is -2.40. The minimum absolute atomic E-state index is 0.0338. The zero-order chi connectivity index (χ0) is 24.7. The Labute approximate surface area is 196 Å². The van der Waals surface area contributed by atoms with Gasteiger partial charge in [0.2, 0.25) is 0 Å². The first-order valence-electron chi connectivity index (χ1n) is 11.6. The SMILES string of the molecule is COC(=O)CC(C)c1ccc(N(CC(C)C)C2CCN(C(=O)OC(C)C)CC2)c([N+](=O)[O-])c1. The zero-order valence-corrected chi connectivity index (χ0v) is 20.6. The number of rotatable bonds is 9. The highest BCUT2D eigenvalue weighted by Crippen LogP contribution is 2.36. The van der Waals surface area contributed by atoms with Gasteiger partial charge in [0.05, 0.1) is 24.6 Å². The molecule has 1 fully saturated rings. The van der Waals surface area contributed by atoms with E-state index in [9.17, 15) is 19.7 Å². The first kappa shape index (κ1) is 26.4. The summed E-state index contributed by atoms with van der Waals surface area (Å²) in [5.41, 5.74) is 1.34. The van der Waals surface area contributed by atoms with Crippen molar-refractivity contribution >= 4 is 23.4 Å². The van der Waals surface area contributed by atoms with Gasteiger partial charge in [-0.25, -0.2) is 4.79 Å². The van der Waals surface area contributed by atoms with Crippen molar-refractivity contribution in [2.75, 3.05) is 31.6 Å². The second kappa shape index (κ2) is 11.9. The Bertz CT molecular complexity index is 833. The second-order valence-corrected chi connectivity index (χ2v) is 9.38. The van der Waals surface area contributed by atoms with Gasteiger partial charge in [0.1, 0.15) is 5.69 Å². The number of ether oxygens (including phenoxy) is 2. The molecule has 2 rings (SSSR count). The van der Waals surface area contributed by atoms with Gasteiger partial charge in [-0.2, -0.15) is 0 Å². The summed E-state index contributed by atoms with van der Waals surface area (Å²) in [5, 5.41) is 12.0. The molecule has 1 heterocycles. The van der Waals surface area contributed by atoms with Crippen LogP contribution in [-0.4, -0.2) is 60.8 Å². The Kier molecular flexibility index (Phi) is 9.49. The Morgan fingerprint density at radius 2 is 1.82 bits per heavy atom. The molecule has 184 valence electrons. The van der Waals surface area contributed by atoms with Crippen LogP contribution in [0.3, 0.4) is 0 Å². The molecule has 1 aromatic rings. The number of hydrogen-bond donors (Lipinski definition) is 0. The van der Waals surface area contributed by atoms with Gasteiger partial charge in [-0.15, -0.1) is 0 Å². The highest BCUT2D eigenvalue weighted by molar-refractivity contribution is 5.71. The molecule has 1 amide bonds. The van der Waals surface area contributed by atoms with Gasteiger partial charge in [-0.05, 0) is 50.2 Å². The maximum absolute atomic E-state index is 12.2. The summed E-state index contributed by atoms with van der Waals surface area (Å²) in [7, 11) is 1.33. The lowest BCUT2D eigenvalue weighted by Crippen LogP contribution is -2.48. The fourth-order valence-corrected chi connectivity index (χ4v) is 4.16. The highest BCUT2D eigenvalue weighted by Gasteiger charge is 2.32. The van der Waals surface area contributed by atoms with E-state index in [0.29, 0.717) is 44.1 Å². The number of nitrogens with zero attached hydrogens (tertiary/aromatic N) is 3. The second-order valence-electron chi connectivity index (χ2n) is 9.38. The van der Waals surface area contributed by atoms with E-state index in [1.807, 2.05) is 26.8 Å². The summed E-state index contributed by atoms with van der Waals surface area (Å²) in [4.78, 5) is 39.4. The van der Waals surface area contributed by atoms with Crippen molar-refractivity contribution in [2.45, 2.75) is 71.9 Å². The van der Waals surface area contributed by atoms with Crippen LogP contribution in [-0.2, 0) is 14.3 Å². The highest BCUT2D eigenvalue weighted by atomic mass is 16.6. The summed E-state index contributed by atoms with van der Waals surface area (Å²) >= 11 is 0. The molecule has 1 atom stereocenters. The first-order chi connectivity index (χ1) is 15.5. The van der Waals surface area contributed by atoms with Gasteiger partial charge >= 0.3 is 12.1 Å². The third-order valence-corrected chi connectivity index (χ3v) is 5.84. The van der Waals surface area contributed by atoms with E-state index in [0.717, 1.165) is 5.56 Å².